The summed E-state index contributed by atoms with van der Waals surface area (Å²) in [5, 5.41) is 7.46. The number of amides is 1. The van der Waals surface area contributed by atoms with E-state index in [1.165, 1.54) is 0 Å². The van der Waals surface area contributed by atoms with Crippen LogP contribution < -0.4 is 15.2 Å². The maximum Gasteiger partial charge on any atom is 0.298 e. The summed E-state index contributed by atoms with van der Waals surface area (Å²) in [7, 11) is -3.90. The number of carbonyl (C=O) groups excluding carboxylic acids is 1. The molecule has 0 aromatic rings. The van der Waals surface area contributed by atoms with Gasteiger partial charge in [0.05, 0.1) is 6.04 Å². The molecule has 0 bridgehead atoms. The van der Waals surface area contributed by atoms with E-state index in [4.69, 9.17) is 0 Å². The molecule has 1 aliphatic heterocycles. The largest absolute Gasteiger partial charge is 0.306 e. The molecule has 6 nitrogen and oxygen atoms in total. The van der Waals surface area contributed by atoms with Gasteiger partial charge in [-0.15, -0.1) is 0 Å². The average Bonchev–Trinajstić information content (AvgIpc) is 2.32. The monoisotopic (exact) mass is 193 g/mol. The van der Waals surface area contributed by atoms with Crippen LogP contribution in [0.25, 0.3) is 0 Å². The number of rotatable bonds is 2. The summed E-state index contributed by atoms with van der Waals surface area (Å²) in [5.41, 5.74) is 0. The highest BCUT2D eigenvalue weighted by atomic mass is 32.2. The van der Waals surface area contributed by atoms with Gasteiger partial charge < -0.3 is 5.32 Å². The first kappa shape index (κ1) is 9.43. The molecule has 0 saturated carbocycles. The molecule has 1 heterocycles. The van der Waals surface area contributed by atoms with E-state index in [1.54, 1.807) is 4.72 Å². The zero-order chi connectivity index (χ0) is 9.19. The smallest absolute Gasteiger partial charge is 0.298 e. The van der Waals surface area contributed by atoms with Gasteiger partial charge in [-0.3, -0.25) is 4.79 Å². The Kier molecular flexibility index (Phi) is 2.65. The maximum absolute atomic E-state index is 11.0. The van der Waals surface area contributed by atoms with E-state index in [2.05, 4.69) is 10.5 Å². The first-order chi connectivity index (χ1) is 5.49. The van der Waals surface area contributed by atoms with Gasteiger partial charge in [0.2, 0.25) is 0 Å². The van der Waals surface area contributed by atoms with Crippen molar-refractivity contribution >= 4 is 16.1 Å². The molecule has 7 heteroatoms. The number of hydrogen-bond donors (Lipinski definition) is 3. The number of carbonyl (C=O) groups is 1. The minimum atomic E-state index is -3.90. The van der Waals surface area contributed by atoms with E-state index >= 15 is 0 Å². The van der Waals surface area contributed by atoms with Gasteiger partial charge in [0.15, 0.2) is 0 Å². The molecule has 1 atom stereocenters. The SMILES string of the molecule is NS(=O)(=O)NC(=O)C1CCCN1. The molecule has 0 aliphatic carbocycles. The molecule has 1 rings (SSSR count). The molecule has 1 amide bonds. The summed E-state index contributed by atoms with van der Waals surface area (Å²) in [5.74, 6) is -0.574. The summed E-state index contributed by atoms with van der Waals surface area (Å²) in [6, 6.07) is -0.414. The molecule has 0 aromatic carbocycles. The van der Waals surface area contributed by atoms with Crippen LogP contribution in [-0.4, -0.2) is 26.9 Å². The Morgan fingerprint density at radius 1 is 1.58 bits per heavy atom. The Morgan fingerprint density at radius 3 is 2.67 bits per heavy atom. The quantitative estimate of drug-likeness (QED) is 0.474. The summed E-state index contributed by atoms with van der Waals surface area (Å²) >= 11 is 0. The average molecular weight is 193 g/mol. The number of nitrogens with two attached hydrogens (primary N) is 1. The lowest BCUT2D eigenvalue weighted by Gasteiger charge is -2.08. The Labute approximate surface area is 70.7 Å². The van der Waals surface area contributed by atoms with Crippen molar-refractivity contribution in [3.05, 3.63) is 0 Å². The molecule has 1 fully saturated rings. The zero-order valence-corrected chi connectivity index (χ0v) is 7.23. The minimum absolute atomic E-state index is 0.414. The molecule has 12 heavy (non-hydrogen) atoms. The third-order valence-electron chi connectivity index (χ3n) is 1.62. The second-order valence-corrected chi connectivity index (χ2v) is 3.95. The van der Waals surface area contributed by atoms with E-state index in [0.29, 0.717) is 6.42 Å². The highest BCUT2D eigenvalue weighted by Crippen LogP contribution is 2.04. The van der Waals surface area contributed by atoms with Crippen molar-refractivity contribution in [1.29, 1.82) is 0 Å². The van der Waals surface area contributed by atoms with Crippen molar-refractivity contribution in [2.75, 3.05) is 6.54 Å². The standard InChI is InChI=1S/C5H11N3O3S/c6-12(10,11)8-5(9)4-2-1-3-7-4/h4,7H,1-3H2,(H,8,9)(H2,6,10,11). The molecule has 1 saturated heterocycles. The first-order valence-corrected chi connectivity index (χ1v) is 5.11. The second kappa shape index (κ2) is 3.38. The highest BCUT2D eigenvalue weighted by molar-refractivity contribution is 7.87. The van der Waals surface area contributed by atoms with Crippen LogP contribution in [0.1, 0.15) is 12.8 Å². The van der Waals surface area contributed by atoms with Crippen LogP contribution in [0.2, 0.25) is 0 Å². The fourth-order valence-electron chi connectivity index (χ4n) is 1.12. The molecular formula is C5H11N3O3S. The number of nitrogens with one attached hydrogen (secondary N) is 2. The second-order valence-electron chi connectivity index (χ2n) is 2.66. The van der Waals surface area contributed by atoms with Crippen LogP contribution in [-0.2, 0) is 15.0 Å². The highest BCUT2D eigenvalue weighted by Gasteiger charge is 2.23. The summed E-state index contributed by atoms with van der Waals surface area (Å²) in [6.45, 7) is 0.739. The van der Waals surface area contributed by atoms with Crippen molar-refractivity contribution in [3.63, 3.8) is 0 Å². The van der Waals surface area contributed by atoms with Crippen molar-refractivity contribution in [3.8, 4) is 0 Å². The van der Waals surface area contributed by atoms with Gasteiger partial charge in [0.25, 0.3) is 16.1 Å². The Hall–Kier alpha value is -0.660. The van der Waals surface area contributed by atoms with Crippen molar-refractivity contribution in [2.45, 2.75) is 18.9 Å². The van der Waals surface area contributed by atoms with E-state index in [0.717, 1.165) is 13.0 Å². The summed E-state index contributed by atoms with van der Waals surface area (Å²) < 4.78 is 22.5. The van der Waals surface area contributed by atoms with Crippen LogP contribution in [0.15, 0.2) is 0 Å². The lowest BCUT2D eigenvalue weighted by atomic mass is 10.2. The lowest BCUT2D eigenvalue weighted by Crippen LogP contribution is -2.45. The van der Waals surface area contributed by atoms with Crippen LogP contribution in [0, 0.1) is 0 Å². The molecule has 4 N–H and O–H groups in total. The molecular weight excluding hydrogens is 182 g/mol. The summed E-state index contributed by atoms with van der Waals surface area (Å²) in [6.07, 6.45) is 1.53. The van der Waals surface area contributed by atoms with E-state index < -0.39 is 22.2 Å². The first-order valence-electron chi connectivity index (χ1n) is 3.57. The Balaban J connectivity index is 2.48. The minimum Gasteiger partial charge on any atom is -0.306 e. The van der Waals surface area contributed by atoms with Gasteiger partial charge in [-0.05, 0) is 19.4 Å². The molecule has 0 aromatic heterocycles. The van der Waals surface area contributed by atoms with Crippen molar-refractivity contribution < 1.29 is 13.2 Å². The van der Waals surface area contributed by atoms with E-state index in [9.17, 15) is 13.2 Å². The van der Waals surface area contributed by atoms with Crippen LogP contribution in [0.3, 0.4) is 0 Å². The van der Waals surface area contributed by atoms with Crippen molar-refractivity contribution in [2.24, 2.45) is 5.14 Å². The van der Waals surface area contributed by atoms with Crippen molar-refractivity contribution in [1.82, 2.24) is 10.0 Å². The van der Waals surface area contributed by atoms with Gasteiger partial charge in [-0.2, -0.15) is 8.42 Å². The van der Waals surface area contributed by atoms with Gasteiger partial charge in [-0.25, -0.2) is 9.86 Å². The van der Waals surface area contributed by atoms with Crippen LogP contribution in [0.5, 0.6) is 0 Å². The van der Waals surface area contributed by atoms with Gasteiger partial charge in [0, 0.05) is 0 Å². The summed E-state index contributed by atoms with van der Waals surface area (Å²) in [4.78, 5) is 11.0. The third-order valence-corrected chi connectivity index (χ3v) is 2.11. The maximum atomic E-state index is 11.0. The molecule has 0 spiro atoms. The molecule has 70 valence electrons. The van der Waals surface area contributed by atoms with Crippen LogP contribution in [0.4, 0.5) is 0 Å². The normalized spacial score (nSPS) is 23.9. The van der Waals surface area contributed by atoms with Crippen LogP contribution >= 0.6 is 0 Å². The van der Waals surface area contributed by atoms with Gasteiger partial charge in [0.1, 0.15) is 0 Å². The topological polar surface area (TPSA) is 101 Å². The van der Waals surface area contributed by atoms with Gasteiger partial charge >= 0.3 is 0 Å². The molecule has 1 unspecified atom stereocenters. The van der Waals surface area contributed by atoms with Gasteiger partial charge in [-0.1, -0.05) is 0 Å². The Bertz CT molecular complexity index is 268. The predicted octanol–water partition coefficient (Wildman–Crippen LogP) is -1.94. The molecule has 1 aliphatic rings. The fraction of sp³-hybridized carbons (Fsp3) is 0.800. The third kappa shape index (κ3) is 2.76. The number of hydrogen-bond acceptors (Lipinski definition) is 4. The van der Waals surface area contributed by atoms with E-state index in [-0.39, 0.29) is 0 Å². The zero-order valence-electron chi connectivity index (χ0n) is 6.41. The molecule has 0 radical (unpaired) electrons. The lowest BCUT2D eigenvalue weighted by molar-refractivity contribution is -0.121. The Morgan fingerprint density at radius 2 is 2.25 bits per heavy atom. The predicted molar refractivity (Wildman–Crippen MR) is 42.3 cm³/mol. The fourth-order valence-corrected chi connectivity index (χ4v) is 1.54. The van der Waals surface area contributed by atoms with E-state index in [1.807, 2.05) is 0 Å².